The Kier molecular flexibility index (Phi) is 4.61. The summed E-state index contributed by atoms with van der Waals surface area (Å²) in [6.07, 6.45) is 5.85. The lowest BCUT2D eigenvalue weighted by Gasteiger charge is -2.10. The number of carbonyl (C=O) groups is 1. The van der Waals surface area contributed by atoms with Crippen LogP contribution in [-0.2, 0) is 24.9 Å². The van der Waals surface area contributed by atoms with E-state index >= 15 is 0 Å². The smallest absolute Gasteiger partial charge is 0.320 e. The van der Waals surface area contributed by atoms with Crippen LogP contribution in [0.2, 0.25) is 0 Å². The van der Waals surface area contributed by atoms with Crippen molar-refractivity contribution < 1.29 is 9.53 Å². The van der Waals surface area contributed by atoms with E-state index in [0.29, 0.717) is 31.4 Å². The fourth-order valence-corrected chi connectivity index (χ4v) is 2.40. The monoisotopic (exact) mass is 318 g/mol. The average molecular weight is 318 g/mol. The minimum absolute atomic E-state index is 0.255. The highest BCUT2D eigenvalue weighted by Gasteiger charge is 2.27. The Morgan fingerprint density at radius 2 is 2.30 bits per heavy atom. The predicted octanol–water partition coefficient (Wildman–Crippen LogP) is 1.46. The number of anilines is 1. The number of hydrogen-bond acceptors (Lipinski definition) is 4. The van der Waals surface area contributed by atoms with Gasteiger partial charge in [0.25, 0.3) is 0 Å². The van der Waals surface area contributed by atoms with E-state index in [-0.39, 0.29) is 6.03 Å². The molecule has 1 aliphatic rings. The molecule has 0 aromatic carbocycles. The molecule has 2 N–H and O–H groups in total. The van der Waals surface area contributed by atoms with Crippen LogP contribution >= 0.6 is 0 Å². The maximum atomic E-state index is 12.1. The maximum absolute atomic E-state index is 12.1. The fourth-order valence-electron chi connectivity index (χ4n) is 2.40. The molecule has 3 rings (SSSR count). The van der Waals surface area contributed by atoms with Crippen LogP contribution in [-0.4, -0.2) is 39.1 Å². The summed E-state index contributed by atoms with van der Waals surface area (Å²) in [5, 5.41) is 10.1. The van der Waals surface area contributed by atoms with Crippen molar-refractivity contribution in [3.8, 4) is 0 Å². The fraction of sp³-hybridized carbons (Fsp3) is 0.533. The molecule has 2 heterocycles. The number of ether oxygens (including phenoxy) is 1. The highest BCUT2D eigenvalue weighted by Crippen LogP contribution is 2.39. The van der Waals surface area contributed by atoms with Gasteiger partial charge in [0.15, 0.2) is 0 Å². The molecule has 0 radical (unpaired) electrons. The lowest BCUT2D eigenvalue weighted by molar-refractivity contribution is 0.186. The van der Waals surface area contributed by atoms with Gasteiger partial charge in [-0.15, -0.1) is 0 Å². The summed E-state index contributed by atoms with van der Waals surface area (Å²) in [5.74, 6) is 1.27. The lowest BCUT2D eigenvalue weighted by Crippen LogP contribution is -2.30. The van der Waals surface area contributed by atoms with Gasteiger partial charge in [-0.05, 0) is 12.8 Å². The number of carbonyl (C=O) groups excluding carboxylic acids is 1. The molecule has 0 saturated heterocycles. The average Bonchev–Trinajstić information content (AvgIpc) is 3.19. The van der Waals surface area contributed by atoms with E-state index in [9.17, 15) is 4.79 Å². The molecule has 124 valence electrons. The van der Waals surface area contributed by atoms with Gasteiger partial charge in [0, 0.05) is 38.9 Å². The van der Waals surface area contributed by atoms with Crippen molar-refractivity contribution >= 4 is 11.8 Å². The molecule has 1 fully saturated rings. The molecule has 8 heteroatoms. The van der Waals surface area contributed by atoms with Gasteiger partial charge < -0.3 is 14.6 Å². The molecule has 0 unspecified atom stereocenters. The van der Waals surface area contributed by atoms with Crippen LogP contribution in [0.3, 0.4) is 0 Å². The minimum Gasteiger partial charge on any atom is -0.383 e. The van der Waals surface area contributed by atoms with Crippen molar-refractivity contribution in [2.75, 3.05) is 19.0 Å². The molecule has 2 aromatic heterocycles. The molecule has 0 bridgehead atoms. The normalized spacial score (nSPS) is 14.0. The summed E-state index contributed by atoms with van der Waals surface area (Å²) in [6, 6.07) is 1.69. The number of aromatic nitrogens is 4. The van der Waals surface area contributed by atoms with E-state index in [1.54, 1.807) is 24.3 Å². The number of nitrogens with zero attached hydrogens (tertiary/aromatic N) is 4. The number of amides is 2. The van der Waals surface area contributed by atoms with E-state index in [0.717, 1.165) is 11.4 Å². The second kappa shape index (κ2) is 6.82. The minimum atomic E-state index is -0.255. The van der Waals surface area contributed by atoms with Crippen LogP contribution < -0.4 is 10.6 Å². The molecule has 23 heavy (non-hydrogen) atoms. The third kappa shape index (κ3) is 3.89. The number of urea groups is 1. The van der Waals surface area contributed by atoms with E-state index in [1.807, 2.05) is 17.7 Å². The second-order valence-electron chi connectivity index (χ2n) is 5.73. The molecule has 2 amide bonds. The maximum Gasteiger partial charge on any atom is 0.320 e. The van der Waals surface area contributed by atoms with Gasteiger partial charge in [-0.3, -0.25) is 10.00 Å². The zero-order chi connectivity index (χ0) is 16.2. The summed E-state index contributed by atoms with van der Waals surface area (Å²) in [6.45, 7) is 1.72. The second-order valence-corrected chi connectivity index (χ2v) is 5.73. The topological polar surface area (TPSA) is 86.0 Å². The molecular weight excluding hydrogens is 296 g/mol. The van der Waals surface area contributed by atoms with Crippen molar-refractivity contribution in [3.63, 3.8) is 0 Å². The summed E-state index contributed by atoms with van der Waals surface area (Å²) >= 11 is 0. The molecule has 0 spiro atoms. The Hall–Kier alpha value is -2.35. The number of hydrogen-bond donors (Lipinski definition) is 2. The first-order valence-electron chi connectivity index (χ1n) is 7.74. The molecule has 0 aliphatic heterocycles. The van der Waals surface area contributed by atoms with Crippen LogP contribution in [0.4, 0.5) is 10.6 Å². The zero-order valence-electron chi connectivity index (χ0n) is 13.5. The number of aryl methyl sites for hydroxylation is 1. The number of nitrogens with one attached hydrogen (secondary N) is 2. The first kappa shape index (κ1) is 15.5. The van der Waals surface area contributed by atoms with Crippen LogP contribution in [0.1, 0.15) is 30.1 Å². The third-order valence-corrected chi connectivity index (χ3v) is 3.90. The summed E-state index contributed by atoms with van der Waals surface area (Å²) in [4.78, 5) is 16.2. The highest BCUT2D eigenvalue weighted by atomic mass is 16.5. The largest absolute Gasteiger partial charge is 0.383 e. The van der Waals surface area contributed by atoms with Crippen LogP contribution in [0.25, 0.3) is 0 Å². The van der Waals surface area contributed by atoms with E-state index < -0.39 is 0 Å². The predicted molar refractivity (Wildman–Crippen MR) is 85.1 cm³/mol. The molecule has 1 saturated carbocycles. The SMILES string of the molecule is COCCn1cncc1CNC(=O)Nc1cc(C2CC2)nn1C. The molecular formula is C15H22N6O2. The Labute approximate surface area is 134 Å². The van der Waals surface area contributed by atoms with Gasteiger partial charge in [0.2, 0.25) is 0 Å². The van der Waals surface area contributed by atoms with E-state index in [4.69, 9.17) is 4.74 Å². The number of rotatable bonds is 7. The Morgan fingerprint density at radius 1 is 1.48 bits per heavy atom. The third-order valence-electron chi connectivity index (χ3n) is 3.90. The molecule has 8 nitrogen and oxygen atoms in total. The van der Waals surface area contributed by atoms with Crippen molar-refractivity contribution in [2.24, 2.45) is 7.05 Å². The standard InChI is InChI=1S/C15H22N6O2/c1-20-14(7-13(19-20)11-3-4-11)18-15(22)17-9-12-8-16-10-21(12)5-6-23-2/h7-8,10-11H,3-6,9H2,1-2H3,(H2,17,18,22). The quantitative estimate of drug-likeness (QED) is 0.809. The van der Waals surface area contributed by atoms with Gasteiger partial charge in [-0.25, -0.2) is 9.78 Å². The summed E-state index contributed by atoms with van der Waals surface area (Å²) in [7, 11) is 3.49. The van der Waals surface area contributed by atoms with E-state index in [1.165, 1.54) is 12.8 Å². The van der Waals surface area contributed by atoms with E-state index in [2.05, 4.69) is 20.7 Å². The summed E-state index contributed by atoms with van der Waals surface area (Å²) in [5.41, 5.74) is 1.99. The molecule has 0 atom stereocenters. The van der Waals surface area contributed by atoms with Gasteiger partial charge in [-0.2, -0.15) is 5.10 Å². The van der Waals surface area contributed by atoms with Crippen LogP contribution in [0, 0.1) is 0 Å². The van der Waals surface area contributed by atoms with Gasteiger partial charge in [0.1, 0.15) is 5.82 Å². The zero-order valence-corrected chi connectivity index (χ0v) is 13.5. The lowest BCUT2D eigenvalue weighted by atomic mass is 10.3. The van der Waals surface area contributed by atoms with Crippen LogP contribution in [0.5, 0.6) is 0 Å². The summed E-state index contributed by atoms with van der Waals surface area (Å²) < 4.78 is 8.72. The Balaban J connectivity index is 1.52. The number of imidazole rings is 1. The molecule has 2 aromatic rings. The van der Waals surface area contributed by atoms with Crippen molar-refractivity contribution in [3.05, 3.63) is 30.0 Å². The van der Waals surface area contributed by atoms with Gasteiger partial charge in [0.05, 0.1) is 30.9 Å². The Morgan fingerprint density at radius 3 is 3.04 bits per heavy atom. The highest BCUT2D eigenvalue weighted by molar-refractivity contribution is 5.88. The van der Waals surface area contributed by atoms with Crippen molar-refractivity contribution in [2.45, 2.75) is 31.8 Å². The van der Waals surface area contributed by atoms with Gasteiger partial charge >= 0.3 is 6.03 Å². The number of methoxy groups -OCH3 is 1. The van der Waals surface area contributed by atoms with Crippen LogP contribution in [0.15, 0.2) is 18.6 Å². The van der Waals surface area contributed by atoms with Crippen molar-refractivity contribution in [1.29, 1.82) is 0 Å². The molecule has 1 aliphatic carbocycles. The van der Waals surface area contributed by atoms with Gasteiger partial charge in [-0.1, -0.05) is 0 Å². The first-order valence-corrected chi connectivity index (χ1v) is 7.74. The first-order chi connectivity index (χ1) is 11.2. The van der Waals surface area contributed by atoms with Crippen molar-refractivity contribution in [1.82, 2.24) is 24.6 Å². The Bertz CT molecular complexity index is 673.